The van der Waals surface area contributed by atoms with Gasteiger partial charge in [0.2, 0.25) is 21.8 Å². The minimum Gasteiger partial charge on any atom is -0.486 e. The van der Waals surface area contributed by atoms with Gasteiger partial charge < -0.3 is 14.6 Å². The Morgan fingerprint density at radius 3 is 2.54 bits per heavy atom. The van der Waals surface area contributed by atoms with Crippen LogP contribution < -0.4 is 14.2 Å². The molecule has 1 saturated heterocycles. The zero-order chi connectivity index (χ0) is 27.8. The Kier molecular flexibility index (Phi) is 7.39. The summed E-state index contributed by atoms with van der Waals surface area (Å²) >= 11 is 0. The van der Waals surface area contributed by atoms with Crippen LogP contribution in [0.2, 0.25) is 0 Å². The van der Waals surface area contributed by atoms with Crippen molar-refractivity contribution in [1.29, 1.82) is 0 Å². The van der Waals surface area contributed by atoms with E-state index < -0.39 is 21.5 Å². The van der Waals surface area contributed by atoms with E-state index in [-0.39, 0.29) is 24.2 Å². The number of nitrogens with one attached hydrogen (secondary N) is 1. The maximum Gasteiger partial charge on any atom is 0.235 e. The molecule has 1 amide bonds. The van der Waals surface area contributed by atoms with Gasteiger partial charge in [-0.2, -0.15) is 0 Å². The maximum absolute atomic E-state index is 11.9. The molecular formula is C30H34N2O6S. The zero-order valence-corrected chi connectivity index (χ0v) is 23.3. The molecule has 8 nitrogen and oxygen atoms in total. The first kappa shape index (κ1) is 27.1. The van der Waals surface area contributed by atoms with Gasteiger partial charge in [0.05, 0.1) is 18.0 Å². The van der Waals surface area contributed by atoms with Gasteiger partial charge in [-0.25, -0.2) is 13.4 Å². The quantitative estimate of drug-likeness (QED) is 0.421. The number of nitrogens with zero attached hydrogens (tertiary/aromatic N) is 1. The molecule has 1 aliphatic heterocycles. The summed E-state index contributed by atoms with van der Waals surface area (Å²) in [6.07, 6.45) is 2.31. The number of aliphatic hydroxyl groups is 1. The number of hydrogen-bond acceptors (Lipinski definition) is 7. The van der Waals surface area contributed by atoms with Crippen LogP contribution in [0, 0.1) is 6.92 Å². The molecule has 1 unspecified atom stereocenters. The summed E-state index contributed by atoms with van der Waals surface area (Å²) in [5.74, 6) is 0.325. The number of rotatable bonds is 8. The molecule has 5 rings (SSSR count). The average molecular weight is 551 g/mol. The number of pyridine rings is 1. The lowest BCUT2D eigenvalue weighted by Crippen LogP contribution is -2.40. The van der Waals surface area contributed by atoms with Gasteiger partial charge in [0, 0.05) is 36.1 Å². The molecule has 0 spiro atoms. The van der Waals surface area contributed by atoms with E-state index in [2.05, 4.69) is 17.1 Å². The smallest absolute Gasteiger partial charge is 0.235 e. The summed E-state index contributed by atoms with van der Waals surface area (Å²) in [6, 6.07) is 17.6. The number of fused-ring (bicyclic) bond motifs is 1. The Bertz CT molecular complexity index is 1480. The Balaban J connectivity index is 1.29. The van der Waals surface area contributed by atoms with E-state index in [9.17, 15) is 18.3 Å². The van der Waals surface area contributed by atoms with Crippen molar-refractivity contribution in [2.45, 2.75) is 64.1 Å². The minimum absolute atomic E-state index is 0.0932. The molecular weight excluding hydrogens is 516 g/mol. The van der Waals surface area contributed by atoms with E-state index >= 15 is 0 Å². The fourth-order valence-corrected chi connectivity index (χ4v) is 6.65. The first-order valence-electron chi connectivity index (χ1n) is 13.2. The number of hydrogen-bond donors (Lipinski definition) is 2. The van der Waals surface area contributed by atoms with E-state index in [4.69, 9.17) is 9.47 Å². The van der Waals surface area contributed by atoms with Crippen molar-refractivity contribution in [3.63, 3.8) is 0 Å². The highest BCUT2D eigenvalue weighted by molar-refractivity contribution is 7.90. The van der Waals surface area contributed by atoms with Crippen molar-refractivity contribution < 1.29 is 27.8 Å². The third-order valence-corrected chi connectivity index (χ3v) is 8.66. The van der Waals surface area contributed by atoms with Crippen LogP contribution in [0.1, 0.15) is 67.5 Å². The van der Waals surface area contributed by atoms with Crippen molar-refractivity contribution in [3.8, 4) is 22.8 Å². The molecule has 3 aromatic rings. The summed E-state index contributed by atoms with van der Waals surface area (Å²) in [4.78, 5) is 16.4. The molecule has 2 heterocycles. The van der Waals surface area contributed by atoms with Gasteiger partial charge in [0.15, 0.2) is 0 Å². The van der Waals surface area contributed by atoms with E-state index in [0.717, 1.165) is 40.8 Å². The first-order chi connectivity index (χ1) is 18.5. The Morgan fingerprint density at radius 1 is 1.08 bits per heavy atom. The normalized spacial score (nSPS) is 20.3. The standard InChI is InChI=1S/C30H34N2O6S/c1-19-23(12-14-29(31-19)37-16-15-30(2,3)34)24-5-4-6-26-25(24)11-13-27(26)38-22-9-7-20(8-10-22)21-17-28(33)32-39(35,36)18-21/h4-10,12,14,21,27,34H,11,13,15-18H2,1-3H3,(H,32,33)/t21?,27-/m1/s1. The molecule has 0 saturated carbocycles. The number of sulfonamides is 1. The van der Waals surface area contributed by atoms with Crippen LogP contribution in [-0.4, -0.2) is 42.4 Å². The molecule has 206 valence electrons. The van der Waals surface area contributed by atoms with Crippen molar-refractivity contribution in [2.75, 3.05) is 12.4 Å². The highest BCUT2D eigenvalue weighted by atomic mass is 32.2. The number of aryl methyl sites for hydroxylation is 1. The molecule has 1 fully saturated rings. The highest BCUT2D eigenvalue weighted by Crippen LogP contribution is 2.41. The van der Waals surface area contributed by atoms with Crippen LogP contribution in [0.15, 0.2) is 54.6 Å². The lowest BCUT2D eigenvalue weighted by Gasteiger charge is -2.23. The molecule has 2 aromatic carbocycles. The summed E-state index contributed by atoms with van der Waals surface area (Å²) < 4.78 is 38.0. The molecule has 39 heavy (non-hydrogen) atoms. The second kappa shape index (κ2) is 10.6. The molecule has 1 aliphatic carbocycles. The molecule has 9 heteroatoms. The number of amides is 1. The number of aromatic nitrogens is 1. The van der Waals surface area contributed by atoms with Gasteiger partial charge in [0.25, 0.3) is 0 Å². The summed E-state index contributed by atoms with van der Waals surface area (Å²) in [7, 11) is -3.59. The Morgan fingerprint density at radius 2 is 1.85 bits per heavy atom. The van der Waals surface area contributed by atoms with E-state index in [1.54, 1.807) is 13.8 Å². The lowest BCUT2D eigenvalue weighted by atomic mass is 9.96. The third-order valence-electron chi connectivity index (χ3n) is 7.28. The molecule has 0 radical (unpaired) electrons. The van der Waals surface area contributed by atoms with Crippen LogP contribution >= 0.6 is 0 Å². The van der Waals surface area contributed by atoms with Gasteiger partial charge >= 0.3 is 0 Å². The number of ether oxygens (including phenoxy) is 2. The van der Waals surface area contributed by atoms with Gasteiger partial charge in [-0.15, -0.1) is 0 Å². The molecule has 1 aromatic heterocycles. The zero-order valence-electron chi connectivity index (χ0n) is 22.4. The number of carbonyl (C=O) groups excluding carboxylic acids is 1. The van der Waals surface area contributed by atoms with Crippen LogP contribution in [-0.2, 0) is 21.2 Å². The minimum atomic E-state index is -3.59. The fraction of sp³-hybridized carbons (Fsp3) is 0.400. The molecule has 0 bridgehead atoms. The molecule has 2 N–H and O–H groups in total. The monoisotopic (exact) mass is 550 g/mol. The van der Waals surface area contributed by atoms with Crippen molar-refractivity contribution >= 4 is 15.9 Å². The predicted molar refractivity (Wildman–Crippen MR) is 148 cm³/mol. The summed E-state index contributed by atoms with van der Waals surface area (Å²) in [6.45, 7) is 5.88. The summed E-state index contributed by atoms with van der Waals surface area (Å²) in [5.41, 5.74) is 5.50. The van der Waals surface area contributed by atoms with Gasteiger partial charge in [-0.3, -0.25) is 9.52 Å². The van der Waals surface area contributed by atoms with Gasteiger partial charge in [-0.05, 0) is 74.1 Å². The number of carbonyl (C=O) groups is 1. The number of benzene rings is 2. The topological polar surface area (TPSA) is 115 Å². The lowest BCUT2D eigenvalue weighted by molar-refractivity contribution is -0.119. The second-order valence-corrected chi connectivity index (χ2v) is 12.8. The van der Waals surface area contributed by atoms with Gasteiger partial charge in [-0.1, -0.05) is 30.3 Å². The first-order valence-corrected chi connectivity index (χ1v) is 14.9. The molecule has 2 atom stereocenters. The van der Waals surface area contributed by atoms with Crippen molar-refractivity contribution in [3.05, 3.63) is 77.0 Å². The Labute approximate surface area is 229 Å². The Hall–Kier alpha value is -3.43. The average Bonchev–Trinajstić information content (AvgIpc) is 3.26. The second-order valence-electron chi connectivity index (χ2n) is 11.0. The molecule has 2 aliphatic rings. The van der Waals surface area contributed by atoms with Crippen molar-refractivity contribution in [2.24, 2.45) is 0 Å². The van der Waals surface area contributed by atoms with E-state index in [1.165, 1.54) is 5.56 Å². The van der Waals surface area contributed by atoms with E-state index in [0.29, 0.717) is 24.7 Å². The fourth-order valence-electron chi connectivity index (χ4n) is 5.30. The SMILES string of the molecule is Cc1nc(OCCC(C)(C)O)ccc1-c1cccc2c1CC[C@H]2Oc1ccc(C2CC(=O)NS(=O)(=O)C2)cc1. The largest absolute Gasteiger partial charge is 0.486 e. The van der Waals surface area contributed by atoms with Crippen LogP contribution in [0.5, 0.6) is 11.6 Å². The maximum atomic E-state index is 11.9. The summed E-state index contributed by atoms with van der Waals surface area (Å²) in [5, 5.41) is 9.90. The predicted octanol–water partition coefficient (Wildman–Crippen LogP) is 4.60. The van der Waals surface area contributed by atoms with Crippen molar-refractivity contribution in [1.82, 2.24) is 9.71 Å². The van der Waals surface area contributed by atoms with Gasteiger partial charge in [0.1, 0.15) is 11.9 Å². The van der Waals surface area contributed by atoms with E-state index in [1.807, 2.05) is 54.1 Å². The van der Waals surface area contributed by atoms with Crippen LogP contribution in [0.25, 0.3) is 11.1 Å². The third kappa shape index (κ3) is 6.42. The van der Waals surface area contributed by atoms with Crippen LogP contribution in [0.3, 0.4) is 0 Å². The van der Waals surface area contributed by atoms with Crippen LogP contribution in [0.4, 0.5) is 0 Å². The highest BCUT2D eigenvalue weighted by Gasteiger charge is 2.31.